The topological polar surface area (TPSA) is 59.1 Å². The summed E-state index contributed by atoms with van der Waals surface area (Å²) >= 11 is 0. The molecule has 0 aromatic heterocycles. The molecule has 24 heavy (non-hydrogen) atoms. The molecule has 3 aliphatic rings. The Balaban J connectivity index is 1.54. The lowest BCUT2D eigenvalue weighted by Crippen LogP contribution is -2.47. The molecule has 132 valence electrons. The fourth-order valence-electron chi connectivity index (χ4n) is 4.14. The van der Waals surface area contributed by atoms with E-state index in [9.17, 15) is 8.42 Å². The van der Waals surface area contributed by atoms with E-state index in [0.29, 0.717) is 31.2 Å². The standard InChI is InChI=1S/C17H24N2O4S/c20-24(21,16-4-2-1-3-5-16)19-10-15-11-23-14-17(15,13-19)12-18-6-8-22-9-7-18/h1-5,15H,6-14H2/t15-,17+/m1/s1. The highest BCUT2D eigenvalue weighted by Gasteiger charge is 2.54. The number of nitrogens with zero attached hydrogens (tertiary/aromatic N) is 2. The Morgan fingerprint density at radius 1 is 1.12 bits per heavy atom. The summed E-state index contributed by atoms with van der Waals surface area (Å²) in [5.41, 5.74) is -0.0841. The fourth-order valence-corrected chi connectivity index (χ4v) is 5.74. The van der Waals surface area contributed by atoms with Crippen LogP contribution in [-0.2, 0) is 19.5 Å². The second-order valence-corrected chi connectivity index (χ2v) is 9.01. The van der Waals surface area contributed by atoms with Crippen molar-refractivity contribution in [3.8, 4) is 0 Å². The third kappa shape index (κ3) is 2.88. The normalized spacial score (nSPS) is 32.1. The second-order valence-electron chi connectivity index (χ2n) is 7.07. The van der Waals surface area contributed by atoms with Gasteiger partial charge < -0.3 is 9.47 Å². The van der Waals surface area contributed by atoms with Crippen LogP contribution < -0.4 is 0 Å². The fraction of sp³-hybridized carbons (Fsp3) is 0.647. The SMILES string of the molecule is O=S(=O)(c1ccccc1)N1C[C@@H]2COC[C@]2(CN2CCOCC2)C1. The van der Waals surface area contributed by atoms with Crippen molar-refractivity contribution in [1.82, 2.24) is 9.21 Å². The zero-order chi connectivity index (χ0) is 16.6. The van der Waals surface area contributed by atoms with Gasteiger partial charge in [0.05, 0.1) is 31.3 Å². The van der Waals surface area contributed by atoms with Crippen LogP contribution in [0, 0.1) is 11.3 Å². The van der Waals surface area contributed by atoms with Crippen molar-refractivity contribution in [1.29, 1.82) is 0 Å². The molecule has 0 aliphatic carbocycles. The first-order valence-electron chi connectivity index (χ1n) is 8.53. The van der Waals surface area contributed by atoms with Crippen molar-refractivity contribution in [2.24, 2.45) is 11.3 Å². The van der Waals surface area contributed by atoms with Gasteiger partial charge in [0.15, 0.2) is 0 Å². The molecule has 6 nitrogen and oxygen atoms in total. The van der Waals surface area contributed by atoms with Crippen LogP contribution in [0.15, 0.2) is 35.2 Å². The molecular weight excluding hydrogens is 328 g/mol. The van der Waals surface area contributed by atoms with Crippen molar-refractivity contribution < 1.29 is 17.9 Å². The highest BCUT2D eigenvalue weighted by molar-refractivity contribution is 7.89. The molecule has 0 N–H and O–H groups in total. The number of fused-ring (bicyclic) bond motifs is 1. The molecule has 0 saturated carbocycles. The first kappa shape index (κ1) is 16.5. The van der Waals surface area contributed by atoms with E-state index in [2.05, 4.69) is 4.90 Å². The van der Waals surface area contributed by atoms with E-state index in [0.717, 1.165) is 32.8 Å². The van der Waals surface area contributed by atoms with Gasteiger partial charge in [-0.2, -0.15) is 4.31 Å². The van der Waals surface area contributed by atoms with Crippen molar-refractivity contribution in [3.05, 3.63) is 30.3 Å². The molecular formula is C17H24N2O4S. The van der Waals surface area contributed by atoms with Crippen LogP contribution in [0.4, 0.5) is 0 Å². The smallest absolute Gasteiger partial charge is 0.243 e. The number of hydrogen-bond acceptors (Lipinski definition) is 5. The minimum atomic E-state index is -3.43. The lowest BCUT2D eigenvalue weighted by Gasteiger charge is -2.36. The predicted octanol–water partition coefficient (Wildman–Crippen LogP) is 0.656. The van der Waals surface area contributed by atoms with Crippen LogP contribution in [0.2, 0.25) is 0 Å². The lowest BCUT2D eigenvalue weighted by molar-refractivity contribution is 0.0118. The van der Waals surface area contributed by atoms with Crippen LogP contribution >= 0.6 is 0 Å². The number of benzene rings is 1. The molecule has 1 aromatic carbocycles. The zero-order valence-electron chi connectivity index (χ0n) is 13.8. The summed E-state index contributed by atoms with van der Waals surface area (Å²) in [6.45, 7) is 6.65. The monoisotopic (exact) mass is 352 g/mol. The molecule has 2 atom stereocenters. The molecule has 3 heterocycles. The van der Waals surface area contributed by atoms with Gasteiger partial charge in [-0.3, -0.25) is 4.90 Å². The van der Waals surface area contributed by atoms with Gasteiger partial charge in [-0.25, -0.2) is 8.42 Å². The Bertz CT molecular complexity index is 675. The first-order valence-corrected chi connectivity index (χ1v) is 9.97. The van der Waals surface area contributed by atoms with E-state index < -0.39 is 10.0 Å². The molecule has 0 bridgehead atoms. The van der Waals surface area contributed by atoms with Crippen molar-refractivity contribution in [3.63, 3.8) is 0 Å². The lowest BCUT2D eigenvalue weighted by atomic mass is 9.80. The Morgan fingerprint density at radius 2 is 1.88 bits per heavy atom. The highest BCUT2D eigenvalue weighted by atomic mass is 32.2. The van der Waals surface area contributed by atoms with Crippen molar-refractivity contribution >= 4 is 10.0 Å². The van der Waals surface area contributed by atoms with Crippen molar-refractivity contribution in [2.75, 3.05) is 59.2 Å². The number of sulfonamides is 1. The van der Waals surface area contributed by atoms with E-state index in [1.165, 1.54) is 0 Å². The minimum absolute atomic E-state index is 0.0841. The van der Waals surface area contributed by atoms with Crippen LogP contribution in [0.3, 0.4) is 0 Å². The Morgan fingerprint density at radius 3 is 2.62 bits per heavy atom. The molecule has 3 fully saturated rings. The van der Waals surface area contributed by atoms with Crippen LogP contribution in [-0.4, -0.2) is 76.8 Å². The third-order valence-corrected chi connectivity index (χ3v) is 7.34. The van der Waals surface area contributed by atoms with E-state index in [1.807, 2.05) is 6.07 Å². The maximum Gasteiger partial charge on any atom is 0.243 e. The van der Waals surface area contributed by atoms with E-state index in [-0.39, 0.29) is 11.3 Å². The molecule has 0 radical (unpaired) electrons. The van der Waals surface area contributed by atoms with E-state index >= 15 is 0 Å². The zero-order valence-corrected chi connectivity index (χ0v) is 14.6. The Hall–Kier alpha value is -0.990. The molecule has 4 rings (SSSR count). The summed E-state index contributed by atoms with van der Waals surface area (Å²) in [5.74, 6) is 0.277. The van der Waals surface area contributed by atoms with Gasteiger partial charge in [-0.1, -0.05) is 18.2 Å². The summed E-state index contributed by atoms with van der Waals surface area (Å²) in [4.78, 5) is 2.77. The molecule has 7 heteroatoms. The van der Waals surface area contributed by atoms with Gasteiger partial charge in [0.25, 0.3) is 0 Å². The summed E-state index contributed by atoms with van der Waals surface area (Å²) in [5, 5.41) is 0. The first-order chi connectivity index (χ1) is 11.6. The van der Waals surface area contributed by atoms with E-state index in [1.54, 1.807) is 28.6 Å². The number of rotatable bonds is 4. The molecule has 0 unspecified atom stereocenters. The number of hydrogen-bond donors (Lipinski definition) is 0. The van der Waals surface area contributed by atoms with Crippen LogP contribution in [0.1, 0.15) is 0 Å². The molecule has 3 aliphatic heterocycles. The van der Waals surface area contributed by atoms with Crippen LogP contribution in [0.25, 0.3) is 0 Å². The van der Waals surface area contributed by atoms with Crippen LogP contribution in [0.5, 0.6) is 0 Å². The van der Waals surface area contributed by atoms with Gasteiger partial charge in [0.2, 0.25) is 10.0 Å². The minimum Gasteiger partial charge on any atom is -0.380 e. The number of ether oxygens (including phenoxy) is 2. The predicted molar refractivity (Wildman–Crippen MR) is 89.2 cm³/mol. The summed E-state index contributed by atoms with van der Waals surface area (Å²) < 4.78 is 38.7. The summed E-state index contributed by atoms with van der Waals surface area (Å²) in [7, 11) is -3.43. The Kier molecular flexibility index (Phi) is 4.38. The van der Waals surface area contributed by atoms with Crippen molar-refractivity contribution in [2.45, 2.75) is 4.90 Å². The van der Waals surface area contributed by atoms with E-state index in [4.69, 9.17) is 9.47 Å². The highest BCUT2D eigenvalue weighted by Crippen LogP contribution is 2.43. The average molecular weight is 352 g/mol. The Labute approximate surface area is 143 Å². The summed E-state index contributed by atoms with van der Waals surface area (Å²) in [6.07, 6.45) is 0. The van der Waals surface area contributed by atoms with Gasteiger partial charge in [0.1, 0.15) is 0 Å². The quantitative estimate of drug-likeness (QED) is 0.797. The van der Waals surface area contributed by atoms with Gasteiger partial charge in [-0.15, -0.1) is 0 Å². The third-order valence-electron chi connectivity index (χ3n) is 5.51. The summed E-state index contributed by atoms with van der Waals surface area (Å²) in [6, 6.07) is 8.74. The molecule has 1 aromatic rings. The molecule has 0 spiro atoms. The van der Waals surface area contributed by atoms with Gasteiger partial charge >= 0.3 is 0 Å². The van der Waals surface area contributed by atoms with Gasteiger partial charge in [0, 0.05) is 44.1 Å². The maximum atomic E-state index is 13.0. The average Bonchev–Trinajstić information content (AvgIpc) is 3.14. The maximum absolute atomic E-state index is 13.0. The number of morpholine rings is 1. The van der Waals surface area contributed by atoms with Gasteiger partial charge in [-0.05, 0) is 12.1 Å². The second kappa shape index (κ2) is 6.38. The molecule has 3 saturated heterocycles. The molecule has 0 amide bonds. The largest absolute Gasteiger partial charge is 0.380 e.